The van der Waals surface area contributed by atoms with Crippen molar-refractivity contribution >= 4 is 9.84 Å². The van der Waals surface area contributed by atoms with E-state index < -0.39 is 27.5 Å². The molecule has 2 rings (SSSR count). The lowest BCUT2D eigenvalue weighted by Crippen LogP contribution is -2.29. The Balaban J connectivity index is 2.51. The Hall–Kier alpha value is -1.83. The number of hydrazine groups is 1. The van der Waals surface area contributed by atoms with Crippen molar-refractivity contribution in [1.29, 1.82) is 0 Å². The minimum atomic E-state index is -3.39. The lowest BCUT2D eigenvalue weighted by atomic mass is 9.99. The third kappa shape index (κ3) is 3.44. The molecule has 2 aromatic carbocycles. The summed E-state index contributed by atoms with van der Waals surface area (Å²) < 4.78 is 50.0. The highest BCUT2D eigenvalue weighted by Crippen LogP contribution is 2.26. The molecule has 1 atom stereocenters. The van der Waals surface area contributed by atoms with Crippen molar-refractivity contribution in [3.05, 3.63) is 65.2 Å². The van der Waals surface area contributed by atoms with Crippen LogP contribution in [0.2, 0.25) is 0 Å². The monoisotopic (exact) mass is 312 g/mol. The maximum absolute atomic E-state index is 13.9. The van der Waals surface area contributed by atoms with Crippen molar-refractivity contribution < 1.29 is 17.2 Å². The van der Waals surface area contributed by atoms with Gasteiger partial charge in [0.2, 0.25) is 0 Å². The highest BCUT2D eigenvalue weighted by molar-refractivity contribution is 7.90. The smallest absolute Gasteiger partial charge is 0.175 e. The van der Waals surface area contributed by atoms with Crippen molar-refractivity contribution in [2.24, 2.45) is 5.84 Å². The largest absolute Gasteiger partial charge is 0.271 e. The average molecular weight is 312 g/mol. The SMILES string of the molecule is CS(=O)(=O)c1cccc(C(NN)c2ccc(F)cc2F)c1. The van der Waals surface area contributed by atoms with Crippen LogP contribution in [0, 0.1) is 11.6 Å². The Morgan fingerprint density at radius 1 is 1.14 bits per heavy atom. The maximum atomic E-state index is 13.9. The van der Waals surface area contributed by atoms with Crippen LogP contribution in [-0.4, -0.2) is 14.7 Å². The van der Waals surface area contributed by atoms with Gasteiger partial charge in [0.15, 0.2) is 9.84 Å². The molecule has 7 heteroatoms. The zero-order valence-electron chi connectivity index (χ0n) is 11.2. The number of nitrogens with one attached hydrogen (secondary N) is 1. The summed E-state index contributed by atoms with van der Waals surface area (Å²) in [6, 6.07) is 8.34. The van der Waals surface area contributed by atoms with E-state index in [1.54, 1.807) is 6.07 Å². The first-order valence-electron chi connectivity index (χ1n) is 6.04. The van der Waals surface area contributed by atoms with E-state index in [1.165, 1.54) is 24.3 Å². The van der Waals surface area contributed by atoms with Gasteiger partial charge < -0.3 is 0 Å². The topological polar surface area (TPSA) is 72.2 Å². The third-order valence-electron chi connectivity index (χ3n) is 3.06. The van der Waals surface area contributed by atoms with Crippen LogP contribution in [0.15, 0.2) is 47.4 Å². The van der Waals surface area contributed by atoms with Gasteiger partial charge in [0.05, 0.1) is 10.9 Å². The molecule has 0 heterocycles. The van der Waals surface area contributed by atoms with E-state index in [0.29, 0.717) is 5.56 Å². The molecule has 112 valence electrons. The minimum Gasteiger partial charge on any atom is -0.271 e. The lowest BCUT2D eigenvalue weighted by molar-refractivity contribution is 0.541. The number of sulfone groups is 1. The summed E-state index contributed by atoms with van der Waals surface area (Å²) in [7, 11) is -3.39. The highest BCUT2D eigenvalue weighted by Gasteiger charge is 2.19. The van der Waals surface area contributed by atoms with Gasteiger partial charge in [0.25, 0.3) is 0 Å². The zero-order valence-corrected chi connectivity index (χ0v) is 12.0. The summed E-state index contributed by atoms with van der Waals surface area (Å²) in [4.78, 5) is 0.0998. The molecule has 1 unspecified atom stereocenters. The van der Waals surface area contributed by atoms with E-state index in [1.807, 2.05) is 0 Å². The van der Waals surface area contributed by atoms with E-state index >= 15 is 0 Å². The van der Waals surface area contributed by atoms with Gasteiger partial charge in [-0.25, -0.2) is 22.6 Å². The van der Waals surface area contributed by atoms with Gasteiger partial charge in [-0.3, -0.25) is 5.84 Å². The van der Waals surface area contributed by atoms with E-state index in [4.69, 9.17) is 5.84 Å². The fourth-order valence-corrected chi connectivity index (χ4v) is 2.70. The molecule has 0 bridgehead atoms. The number of rotatable bonds is 4. The number of hydrogen-bond donors (Lipinski definition) is 2. The second-order valence-electron chi connectivity index (χ2n) is 4.61. The van der Waals surface area contributed by atoms with Gasteiger partial charge >= 0.3 is 0 Å². The number of benzene rings is 2. The second kappa shape index (κ2) is 5.88. The second-order valence-corrected chi connectivity index (χ2v) is 6.63. The van der Waals surface area contributed by atoms with Gasteiger partial charge in [-0.05, 0) is 23.8 Å². The van der Waals surface area contributed by atoms with Crippen LogP contribution in [0.25, 0.3) is 0 Å². The molecule has 0 fully saturated rings. The molecule has 0 aliphatic heterocycles. The quantitative estimate of drug-likeness (QED) is 0.668. The van der Waals surface area contributed by atoms with Crippen LogP contribution >= 0.6 is 0 Å². The fourth-order valence-electron chi connectivity index (χ4n) is 2.03. The summed E-state index contributed by atoms with van der Waals surface area (Å²) in [5.74, 6) is 3.98. The van der Waals surface area contributed by atoms with Gasteiger partial charge in [-0.15, -0.1) is 0 Å². The first-order valence-corrected chi connectivity index (χ1v) is 7.93. The lowest BCUT2D eigenvalue weighted by Gasteiger charge is -2.18. The first-order chi connectivity index (χ1) is 9.82. The fraction of sp³-hybridized carbons (Fsp3) is 0.143. The van der Waals surface area contributed by atoms with E-state index in [-0.39, 0.29) is 10.5 Å². The van der Waals surface area contributed by atoms with E-state index in [9.17, 15) is 17.2 Å². The van der Waals surface area contributed by atoms with Crippen molar-refractivity contribution in [3.8, 4) is 0 Å². The predicted octanol–water partition coefficient (Wildman–Crippen LogP) is 1.92. The van der Waals surface area contributed by atoms with Crippen LogP contribution in [0.3, 0.4) is 0 Å². The summed E-state index contributed by atoms with van der Waals surface area (Å²) >= 11 is 0. The first kappa shape index (κ1) is 15.6. The Morgan fingerprint density at radius 3 is 2.43 bits per heavy atom. The summed E-state index contributed by atoms with van der Waals surface area (Å²) in [5.41, 5.74) is 3.01. The zero-order chi connectivity index (χ0) is 15.6. The number of hydrogen-bond acceptors (Lipinski definition) is 4. The van der Waals surface area contributed by atoms with Gasteiger partial charge in [-0.1, -0.05) is 18.2 Å². The Kier molecular flexibility index (Phi) is 4.36. The van der Waals surface area contributed by atoms with E-state index in [2.05, 4.69) is 5.43 Å². The van der Waals surface area contributed by atoms with Gasteiger partial charge in [0.1, 0.15) is 11.6 Å². The van der Waals surface area contributed by atoms with Crippen molar-refractivity contribution in [2.75, 3.05) is 6.26 Å². The van der Waals surface area contributed by atoms with Crippen LogP contribution in [0.1, 0.15) is 17.2 Å². The van der Waals surface area contributed by atoms with E-state index in [0.717, 1.165) is 18.4 Å². The molecule has 0 amide bonds. The molecular formula is C14H14F2N2O2S. The normalized spacial score (nSPS) is 13.1. The minimum absolute atomic E-state index is 0.0998. The molecule has 0 aliphatic carbocycles. The molecule has 0 saturated heterocycles. The van der Waals surface area contributed by atoms with Crippen LogP contribution < -0.4 is 11.3 Å². The molecule has 4 nitrogen and oxygen atoms in total. The summed E-state index contributed by atoms with van der Waals surface area (Å²) in [6.07, 6.45) is 1.08. The Bertz CT molecular complexity index is 763. The molecule has 0 spiro atoms. The van der Waals surface area contributed by atoms with Crippen molar-refractivity contribution in [3.63, 3.8) is 0 Å². The predicted molar refractivity (Wildman–Crippen MR) is 75.1 cm³/mol. The number of halogens is 2. The average Bonchev–Trinajstić information content (AvgIpc) is 2.41. The third-order valence-corrected chi connectivity index (χ3v) is 4.17. The Morgan fingerprint density at radius 2 is 1.86 bits per heavy atom. The molecule has 0 aliphatic rings. The molecule has 3 N–H and O–H groups in total. The molecule has 2 aromatic rings. The molecular weight excluding hydrogens is 298 g/mol. The standard InChI is InChI=1S/C14H14F2N2O2S/c1-21(19,20)11-4-2-3-9(7-11)14(18-17)12-6-5-10(15)8-13(12)16/h2-8,14,18H,17H2,1H3. The molecule has 0 aromatic heterocycles. The molecule has 0 radical (unpaired) electrons. The summed E-state index contributed by atoms with van der Waals surface area (Å²) in [6.45, 7) is 0. The van der Waals surface area contributed by atoms with Crippen molar-refractivity contribution in [2.45, 2.75) is 10.9 Å². The molecule has 21 heavy (non-hydrogen) atoms. The van der Waals surface area contributed by atoms with Crippen LogP contribution in [0.5, 0.6) is 0 Å². The molecule has 0 saturated carbocycles. The van der Waals surface area contributed by atoms with Crippen LogP contribution in [-0.2, 0) is 9.84 Å². The van der Waals surface area contributed by atoms with Gasteiger partial charge in [-0.2, -0.15) is 0 Å². The number of nitrogens with two attached hydrogens (primary N) is 1. The Labute approximate surface area is 121 Å². The maximum Gasteiger partial charge on any atom is 0.175 e. The van der Waals surface area contributed by atoms with Crippen molar-refractivity contribution in [1.82, 2.24) is 5.43 Å². The highest BCUT2D eigenvalue weighted by atomic mass is 32.2. The van der Waals surface area contributed by atoms with Crippen LogP contribution in [0.4, 0.5) is 8.78 Å². The summed E-state index contributed by atoms with van der Waals surface area (Å²) in [5, 5.41) is 0. The van der Waals surface area contributed by atoms with Gasteiger partial charge in [0, 0.05) is 17.9 Å².